The van der Waals surface area contributed by atoms with Crippen LogP contribution in [-0.4, -0.2) is 109 Å². The second-order valence-corrected chi connectivity index (χ2v) is 10.7. The molecule has 11 heteroatoms. The Hall–Kier alpha value is -1.63. The smallest absolute Gasteiger partial charge is 0.372 e. The molecule has 11 nitrogen and oxygen atoms in total. The molecule has 0 aromatic rings. The fourth-order valence-corrected chi connectivity index (χ4v) is 4.21. The van der Waals surface area contributed by atoms with E-state index in [1.54, 1.807) is 0 Å². The van der Waals surface area contributed by atoms with Gasteiger partial charge in [0.15, 0.2) is 0 Å². The van der Waals surface area contributed by atoms with Gasteiger partial charge in [-0.3, -0.25) is 9.59 Å². The molecule has 0 aromatic carbocycles. The Labute approximate surface area is 265 Å². The maximum absolute atomic E-state index is 11.4. The molecule has 0 heterocycles. The number of carboxylic acid groups (broad SMARTS) is 1. The Balaban J connectivity index is 3.12. The van der Waals surface area contributed by atoms with Crippen LogP contribution in [0.25, 0.3) is 0 Å². The van der Waals surface area contributed by atoms with Gasteiger partial charge in [0.1, 0.15) is 6.61 Å². The molecule has 0 aliphatic heterocycles. The van der Waals surface area contributed by atoms with Gasteiger partial charge in [-0.25, -0.2) is 4.79 Å². The number of Topliss-reactive ketones (excluding diaryl/α,β-unsaturated/α-hetero) is 1. The van der Waals surface area contributed by atoms with Crippen molar-refractivity contribution in [3.05, 3.63) is 0 Å². The van der Waals surface area contributed by atoms with Crippen LogP contribution in [0.15, 0.2) is 0 Å². The number of esters is 1. The predicted molar refractivity (Wildman–Crippen MR) is 168 cm³/mol. The van der Waals surface area contributed by atoms with Gasteiger partial charge in [-0.1, -0.05) is 90.4 Å². The van der Waals surface area contributed by atoms with E-state index in [0.29, 0.717) is 66.1 Å². The molecular formula is C33H62O11. The number of rotatable bonds is 37. The largest absolute Gasteiger partial charge is 0.476 e. The molecule has 1 N–H and O–H groups in total. The van der Waals surface area contributed by atoms with Crippen LogP contribution in [0.1, 0.15) is 110 Å². The predicted octanol–water partition coefficient (Wildman–Crippen LogP) is 5.54. The van der Waals surface area contributed by atoms with Crippen LogP contribution < -0.4 is 0 Å². The van der Waals surface area contributed by atoms with E-state index in [1.165, 1.54) is 83.5 Å². The van der Waals surface area contributed by atoms with Crippen LogP contribution in [0.3, 0.4) is 0 Å². The Morgan fingerprint density at radius 2 is 0.727 bits per heavy atom. The van der Waals surface area contributed by atoms with Gasteiger partial charge in [-0.15, -0.1) is 0 Å². The van der Waals surface area contributed by atoms with Gasteiger partial charge in [-0.2, -0.15) is 0 Å². The molecule has 260 valence electrons. The lowest BCUT2D eigenvalue weighted by Crippen LogP contribution is -2.17. The van der Waals surface area contributed by atoms with Gasteiger partial charge in [0.25, 0.3) is 0 Å². The Morgan fingerprint density at radius 1 is 0.409 bits per heavy atom. The molecule has 0 amide bonds. The highest BCUT2D eigenvalue weighted by molar-refractivity contribution is 6.32. The molecule has 0 fully saturated rings. The number of aliphatic carboxylic acids is 1. The standard InChI is InChI=1S/C33H62O11/c1-2-3-4-5-6-7-8-9-10-11-12-13-14-15-18-38-19-20-39-21-22-40-23-24-41-25-26-42-27-28-43-29-30-44-32(35)17-16-31(34)33(36)37/h2-30H2,1H3,(H,36,37). The number of hydrogen-bond acceptors (Lipinski definition) is 10. The average molecular weight is 635 g/mol. The minimum Gasteiger partial charge on any atom is -0.476 e. The third-order valence-electron chi connectivity index (χ3n) is 6.79. The summed E-state index contributed by atoms with van der Waals surface area (Å²) < 4.78 is 37.6. The van der Waals surface area contributed by atoms with Gasteiger partial charge < -0.3 is 38.3 Å². The zero-order valence-corrected chi connectivity index (χ0v) is 27.5. The molecule has 0 unspecified atom stereocenters. The van der Waals surface area contributed by atoms with Crippen molar-refractivity contribution in [3.63, 3.8) is 0 Å². The van der Waals surface area contributed by atoms with E-state index < -0.39 is 17.7 Å². The summed E-state index contributed by atoms with van der Waals surface area (Å²) in [7, 11) is 0. The SMILES string of the molecule is CCCCCCCCCCCCCCCCOCCOCCOCCOCCOCCOCCOC(=O)CCC(=O)C(=O)O. The molecule has 0 saturated heterocycles. The number of unbranched alkanes of at least 4 members (excludes halogenated alkanes) is 13. The zero-order chi connectivity index (χ0) is 32.2. The highest BCUT2D eigenvalue weighted by atomic mass is 16.6. The summed E-state index contributed by atoms with van der Waals surface area (Å²) in [6.07, 6.45) is 18.4. The first kappa shape index (κ1) is 42.4. The second-order valence-electron chi connectivity index (χ2n) is 10.7. The number of hydrogen-bond donors (Lipinski definition) is 1. The molecule has 0 aromatic heterocycles. The van der Waals surface area contributed by atoms with E-state index in [4.69, 9.17) is 38.3 Å². The topological polar surface area (TPSA) is 136 Å². The molecule has 0 rings (SSSR count). The van der Waals surface area contributed by atoms with Crippen LogP contribution in [0.5, 0.6) is 0 Å². The Bertz CT molecular complexity index is 645. The molecular weight excluding hydrogens is 572 g/mol. The summed E-state index contributed by atoms with van der Waals surface area (Å²) in [5.41, 5.74) is 0. The van der Waals surface area contributed by atoms with Gasteiger partial charge in [0.2, 0.25) is 5.78 Å². The average Bonchev–Trinajstić information content (AvgIpc) is 3.02. The minimum absolute atomic E-state index is 0.0294. The summed E-state index contributed by atoms with van der Waals surface area (Å²) in [5.74, 6) is -3.20. The lowest BCUT2D eigenvalue weighted by molar-refractivity contribution is -0.151. The highest BCUT2D eigenvalue weighted by Gasteiger charge is 2.14. The fraction of sp³-hybridized carbons (Fsp3) is 0.909. The van der Waals surface area contributed by atoms with E-state index in [-0.39, 0.29) is 26.1 Å². The van der Waals surface area contributed by atoms with Gasteiger partial charge in [-0.05, 0) is 6.42 Å². The van der Waals surface area contributed by atoms with Crippen LogP contribution in [0.2, 0.25) is 0 Å². The monoisotopic (exact) mass is 634 g/mol. The Morgan fingerprint density at radius 3 is 1.09 bits per heavy atom. The van der Waals surface area contributed by atoms with Gasteiger partial charge in [0.05, 0.1) is 79.1 Å². The number of carbonyl (C=O) groups is 3. The molecule has 0 saturated carbocycles. The second kappa shape index (κ2) is 35.8. The number of ketones is 1. The van der Waals surface area contributed by atoms with E-state index in [9.17, 15) is 14.4 Å². The summed E-state index contributed by atoms with van der Waals surface area (Å²) in [6, 6.07) is 0. The fourth-order valence-electron chi connectivity index (χ4n) is 4.21. The van der Waals surface area contributed by atoms with Crippen LogP contribution in [0, 0.1) is 0 Å². The number of ether oxygens (including phenoxy) is 7. The summed E-state index contributed by atoms with van der Waals surface area (Å²) in [5, 5.41) is 8.44. The number of carboxylic acids is 1. The van der Waals surface area contributed by atoms with Crippen LogP contribution >= 0.6 is 0 Å². The van der Waals surface area contributed by atoms with Crippen molar-refractivity contribution in [2.75, 3.05) is 85.9 Å². The quantitative estimate of drug-likeness (QED) is 0.0524. The first-order valence-electron chi connectivity index (χ1n) is 17.0. The lowest BCUT2D eigenvalue weighted by Gasteiger charge is -2.08. The maximum Gasteiger partial charge on any atom is 0.372 e. The third-order valence-corrected chi connectivity index (χ3v) is 6.79. The van der Waals surface area contributed by atoms with Crippen molar-refractivity contribution < 1.29 is 52.6 Å². The molecule has 0 aliphatic rings. The molecule has 0 aliphatic carbocycles. The molecule has 0 atom stereocenters. The lowest BCUT2D eigenvalue weighted by atomic mass is 10.0. The minimum atomic E-state index is -1.55. The normalized spacial score (nSPS) is 11.2. The van der Waals surface area contributed by atoms with Crippen molar-refractivity contribution in [3.8, 4) is 0 Å². The number of carbonyl (C=O) groups excluding carboxylic acids is 2. The molecule has 0 spiro atoms. The van der Waals surface area contributed by atoms with Gasteiger partial charge in [0, 0.05) is 13.0 Å². The van der Waals surface area contributed by atoms with E-state index >= 15 is 0 Å². The Kier molecular flexibility index (Phi) is 34.5. The van der Waals surface area contributed by atoms with E-state index in [1.807, 2.05) is 0 Å². The molecule has 0 bridgehead atoms. The zero-order valence-electron chi connectivity index (χ0n) is 27.5. The highest BCUT2D eigenvalue weighted by Crippen LogP contribution is 2.13. The van der Waals surface area contributed by atoms with Crippen LogP contribution in [-0.2, 0) is 47.5 Å². The van der Waals surface area contributed by atoms with Crippen LogP contribution in [0.4, 0.5) is 0 Å². The summed E-state index contributed by atoms with van der Waals surface area (Å²) >= 11 is 0. The van der Waals surface area contributed by atoms with Crippen molar-refractivity contribution in [1.82, 2.24) is 0 Å². The first-order valence-corrected chi connectivity index (χ1v) is 17.0. The van der Waals surface area contributed by atoms with Crippen molar-refractivity contribution in [2.24, 2.45) is 0 Å². The summed E-state index contributed by atoms with van der Waals surface area (Å²) in [6.45, 7) is 8.12. The van der Waals surface area contributed by atoms with Crippen molar-refractivity contribution >= 4 is 17.7 Å². The molecule has 44 heavy (non-hydrogen) atoms. The van der Waals surface area contributed by atoms with E-state index in [2.05, 4.69) is 6.92 Å². The molecule has 0 radical (unpaired) electrons. The van der Waals surface area contributed by atoms with E-state index in [0.717, 1.165) is 13.0 Å². The van der Waals surface area contributed by atoms with Gasteiger partial charge >= 0.3 is 11.9 Å². The summed E-state index contributed by atoms with van der Waals surface area (Å²) in [4.78, 5) is 32.6. The first-order chi connectivity index (χ1) is 21.6. The van der Waals surface area contributed by atoms with Crippen molar-refractivity contribution in [1.29, 1.82) is 0 Å². The third kappa shape index (κ3) is 34.9. The van der Waals surface area contributed by atoms with Crippen molar-refractivity contribution in [2.45, 2.75) is 110 Å². The maximum atomic E-state index is 11.4.